The van der Waals surface area contributed by atoms with E-state index in [0.717, 1.165) is 4.47 Å². The molecule has 0 radical (unpaired) electrons. The normalized spacial score (nSPS) is 15.2. The molecule has 25 heavy (non-hydrogen) atoms. The lowest BCUT2D eigenvalue weighted by molar-refractivity contribution is -0.123. The van der Waals surface area contributed by atoms with Gasteiger partial charge in [0.25, 0.3) is 5.91 Å². The molecule has 3 heterocycles. The van der Waals surface area contributed by atoms with Crippen LogP contribution in [0.25, 0.3) is 0 Å². The second-order valence-corrected chi connectivity index (χ2v) is 6.88. The van der Waals surface area contributed by atoms with Crippen molar-refractivity contribution in [2.45, 2.75) is 19.8 Å². The van der Waals surface area contributed by atoms with Crippen LogP contribution >= 0.6 is 15.9 Å². The number of piperidine rings is 1. The van der Waals surface area contributed by atoms with Crippen LogP contribution in [0.1, 0.15) is 30.3 Å². The molecule has 1 aliphatic rings. The predicted octanol–water partition coefficient (Wildman–Crippen LogP) is 3.34. The van der Waals surface area contributed by atoms with E-state index in [0.29, 0.717) is 44.1 Å². The summed E-state index contributed by atoms with van der Waals surface area (Å²) in [5.41, 5.74) is 0. The van der Waals surface area contributed by atoms with Crippen LogP contribution in [0.4, 0.5) is 5.82 Å². The zero-order chi connectivity index (χ0) is 17.8. The fourth-order valence-corrected chi connectivity index (χ4v) is 3.30. The molecule has 0 bridgehead atoms. The van der Waals surface area contributed by atoms with Gasteiger partial charge in [0.05, 0.1) is 6.26 Å². The molecule has 0 unspecified atom stereocenters. The standard InChI is InChI=1S/C18H20BrN3O3/c1-2-22(16-6-5-14(19)12-20-16)17(23)13-7-9-21(10-8-13)18(24)15-4-3-11-25-15/h3-6,11-13H,2,7-10H2,1H3. The molecule has 132 valence electrons. The van der Waals surface area contributed by atoms with Crippen molar-refractivity contribution in [3.05, 3.63) is 47.0 Å². The molecular formula is C18H20BrN3O3. The molecule has 7 heteroatoms. The van der Waals surface area contributed by atoms with Gasteiger partial charge in [-0.1, -0.05) is 0 Å². The van der Waals surface area contributed by atoms with Crippen molar-refractivity contribution < 1.29 is 14.0 Å². The number of furan rings is 1. The number of carbonyl (C=O) groups excluding carboxylic acids is 2. The number of pyridine rings is 1. The fraction of sp³-hybridized carbons (Fsp3) is 0.389. The monoisotopic (exact) mass is 405 g/mol. The summed E-state index contributed by atoms with van der Waals surface area (Å²) >= 11 is 3.36. The zero-order valence-corrected chi connectivity index (χ0v) is 15.6. The van der Waals surface area contributed by atoms with Crippen LogP contribution in [-0.4, -0.2) is 41.3 Å². The van der Waals surface area contributed by atoms with Crippen molar-refractivity contribution in [3.63, 3.8) is 0 Å². The van der Waals surface area contributed by atoms with Gasteiger partial charge in [0.1, 0.15) is 5.82 Å². The van der Waals surface area contributed by atoms with E-state index in [1.807, 2.05) is 19.1 Å². The Bertz CT molecular complexity index is 723. The van der Waals surface area contributed by atoms with Gasteiger partial charge in [-0.15, -0.1) is 0 Å². The van der Waals surface area contributed by atoms with Crippen LogP contribution < -0.4 is 4.90 Å². The minimum absolute atomic E-state index is 0.0717. The number of rotatable bonds is 4. The van der Waals surface area contributed by atoms with Crippen LogP contribution in [0.15, 0.2) is 45.6 Å². The van der Waals surface area contributed by atoms with E-state index in [1.165, 1.54) is 6.26 Å². The van der Waals surface area contributed by atoms with Crippen molar-refractivity contribution in [2.75, 3.05) is 24.5 Å². The first-order chi connectivity index (χ1) is 12.1. The van der Waals surface area contributed by atoms with Crippen LogP contribution in [0.2, 0.25) is 0 Å². The Labute approximate surface area is 154 Å². The number of hydrogen-bond acceptors (Lipinski definition) is 4. The summed E-state index contributed by atoms with van der Waals surface area (Å²) in [6.07, 6.45) is 4.49. The zero-order valence-electron chi connectivity index (χ0n) is 14.0. The molecule has 1 saturated heterocycles. The molecular weight excluding hydrogens is 386 g/mol. The molecule has 0 aliphatic carbocycles. The summed E-state index contributed by atoms with van der Waals surface area (Å²) in [6, 6.07) is 7.08. The lowest BCUT2D eigenvalue weighted by atomic mass is 9.95. The molecule has 0 aromatic carbocycles. The van der Waals surface area contributed by atoms with E-state index < -0.39 is 0 Å². The summed E-state index contributed by atoms with van der Waals surface area (Å²) in [7, 11) is 0. The van der Waals surface area contributed by atoms with Crippen molar-refractivity contribution >= 4 is 33.6 Å². The molecule has 2 amide bonds. The number of hydrogen-bond donors (Lipinski definition) is 0. The second kappa shape index (κ2) is 7.82. The molecule has 1 aliphatic heterocycles. The number of anilines is 1. The number of nitrogens with zero attached hydrogens (tertiary/aromatic N) is 3. The Morgan fingerprint density at radius 2 is 2.08 bits per heavy atom. The molecule has 1 fully saturated rings. The van der Waals surface area contributed by atoms with Gasteiger partial charge in [-0.25, -0.2) is 4.98 Å². The smallest absolute Gasteiger partial charge is 0.289 e. The summed E-state index contributed by atoms with van der Waals surface area (Å²) in [4.78, 5) is 33.0. The summed E-state index contributed by atoms with van der Waals surface area (Å²) in [5.74, 6) is 0.870. The van der Waals surface area contributed by atoms with Crippen molar-refractivity contribution in [1.82, 2.24) is 9.88 Å². The highest BCUT2D eigenvalue weighted by Crippen LogP contribution is 2.24. The highest BCUT2D eigenvalue weighted by Gasteiger charge is 2.31. The molecule has 3 rings (SSSR count). The third-order valence-electron chi connectivity index (χ3n) is 4.43. The molecule has 0 spiro atoms. The average molecular weight is 406 g/mol. The highest BCUT2D eigenvalue weighted by molar-refractivity contribution is 9.10. The van der Waals surface area contributed by atoms with E-state index >= 15 is 0 Å². The average Bonchev–Trinajstić information content (AvgIpc) is 3.18. The van der Waals surface area contributed by atoms with Crippen molar-refractivity contribution in [3.8, 4) is 0 Å². The van der Waals surface area contributed by atoms with Crippen molar-refractivity contribution in [2.24, 2.45) is 5.92 Å². The largest absolute Gasteiger partial charge is 0.459 e. The molecule has 2 aromatic heterocycles. The molecule has 6 nitrogen and oxygen atoms in total. The molecule has 0 N–H and O–H groups in total. The van der Waals surface area contributed by atoms with Crippen LogP contribution in [-0.2, 0) is 4.79 Å². The Hall–Kier alpha value is -2.15. The Balaban J connectivity index is 1.62. The Morgan fingerprint density at radius 3 is 2.64 bits per heavy atom. The third-order valence-corrected chi connectivity index (χ3v) is 4.90. The van der Waals surface area contributed by atoms with Gasteiger partial charge in [0.2, 0.25) is 5.91 Å². The summed E-state index contributed by atoms with van der Waals surface area (Å²) < 4.78 is 6.05. The SMILES string of the molecule is CCN(C(=O)C1CCN(C(=O)c2ccco2)CC1)c1ccc(Br)cn1. The molecule has 0 atom stereocenters. The van der Waals surface area contributed by atoms with E-state index in [1.54, 1.807) is 28.1 Å². The fourth-order valence-electron chi connectivity index (χ4n) is 3.06. The maximum Gasteiger partial charge on any atom is 0.289 e. The Kier molecular flexibility index (Phi) is 5.53. The van der Waals surface area contributed by atoms with Crippen LogP contribution in [0.5, 0.6) is 0 Å². The number of likely N-dealkylation sites (tertiary alicyclic amines) is 1. The van der Waals surface area contributed by atoms with Gasteiger partial charge < -0.3 is 9.32 Å². The number of halogens is 1. The van der Waals surface area contributed by atoms with Gasteiger partial charge in [-0.2, -0.15) is 0 Å². The predicted molar refractivity (Wildman–Crippen MR) is 97.3 cm³/mol. The quantitative estimate of drug-likeness (QED) is 0.781. The lowest BCUT2D eigenvalue weighted by Crippen LogP contribution is -2.44. The molecule has 0 saturated carbocycles. The van der Waals surface area contributed by atoms with E-state index in [4.69, 9.17) is 4.42 Å². The number of carbonyl (C=O) groups is 2. The first kappa shape index (κ1) is 17.7. The van der Waals surface area contributed by atoms with E-state index in [-0.39, 0.29) is 17.7 Å². The maximum absolute atomic E-state index is 12.9. The first-order valence-electron chi connectivity index (χ1n) is 8.36. The molecule has 2 aromatic rings. The number of aromatic nitrogens is 1. The van der Waals surface area contributed by atoms with Crippen LogP contribution in [0, 0.1) is 5.92 Å². The van der Waals surface area contributed by atoms with E-state index in [9.17, 15) is 9.59 Å². The third kappa shape index (κ3) is 3.92. The minimum Gasteiger partial charge on any atom is -0.459 e. The lowest BCUT2D eigenvalue weighted by Gasteiger charge is -2.33. The minimum atomic E-state index is -0.113. The van der Waals surface area contributed by atoms with Crippen LogP contribution in [0.3, 0.4) is 0 Å². The van der Waals surface area contributed by atoms with E-state index in [2.05, 4.69) is 20.9 Å². The summed E-state index contributed by atoms with van der Waals surface area (Å²) in [6.45, 7) is 3.62. The van der Waals surface area contributed by atoms with Gasteiger partial charge in [-0.3, -0.25) is 14.5 Å². The maximum atomic E-state index is 12.9. The highest BCUT2D eigenvalue weighted by atomic mass is 79.9. The van der Waals surface area contributed by atoms with Gasteiger partial charge in [0, 0.05) is 36.2 Å². The first-order valence-corrected chi connectivity index (χ1v) is 9.15. The summed E-state index contributed by atoms with van der Waals surface area (Å²) in [5, 5.41) is 0. The van der Waals surface area contributed by atoms with Gasteiger partial charge in [-0.05, 0) is 60.0 Å². The van der Waals surface area contributed by atoms with Gasteiger partial charge in [0.15, 0.2) is 5.76 Å². The topological polar surface area (TPSA) is 66.7 Å². The Morgan fingerprint density at radius 1 is 1.32 bits per heavy atom. The number of amides is 2. The van der Waals surface area contributed by atoms with Gasteiger partial charge >= 0.3 is 0 Å². The second-order valence-electron chi connectivity index (χ2n) is 5.96. The van der Waals surface area contributed by atoms with Crippen molar-refractivity contribution in [1.29, 1.82) is 0 Å².